The third-order valence-corrected chi connectivity index (χ3v) is 15.9. The molecule has 5 aliphatic heterocycles. The number of carbonyl (C=O) groups excluding carboxylic acids is 3. The molecule has 0 bridgehead atoms. The monoisotopic (exact) mass is 1350 g/mol. The van der Waals surface area contributed by atoms with E-state index < -0.39 is 11.6 Å². The first-order valence-electron chi connectivity index (χ1n) is 33.0. The molecule has 2 aromatic carbocycles. The molecule has 11 heterocycles. The van der Waals surface area contributed by atoms with Gasteiger partial charge in [-0.15, -0.1) is 0 Å². The molecule has 5 saturated heterocycles. The number of aryl methyl sites for hydroxylation is 2. The SMILES string of the molecule is CC(C)(C)OC(=O)C1CNC1.CC(C)(C)OC(=O)N1CC(CO)C1.Cc1cccc(-c2nccc(Nc3ccnc(Nc4ccc(CN5CC(C(=O)O)C5)cc4)n3)n2)n1.Cc1cccc(-c2nccc(Nc3ccnc(Nc4ccc(CN5CC(C(=O)OCC6CNC6)C5)cc4)n3)n2)n1. The standard InChI is InChI=1S/C29H31N9O2.C25H24N8O2.C9H17NO3.C8H15NO2/c1-19-3-2-4-24(33-19)27-31-11-9-25(36-27)35-26-10-12-32-29(37-26)34-23-7-5-20(6-8-23)15-38-16-22(17-38)28(39)40-18-21-13-30-14-21;1-16-3-2-4-20(28-16)23-26-11-9-21(31-23)30-22-10-12-27-25(32-22)29-19-7-5-17(6-8-19)13-33-14-18(15-33)24(34)35;1-9(2,3)13-8(12)10-4-7(5-10)6-11;1-8(2,3)11-7(10)6-4-9-5-6/h2-12,21-22,30H,13-18H2,1H3,(H2,31,32,34,35,36,37);2-12,18H,13-15H2,1H3,(H,34,35)(H2,26,27,29,30,31,32);7,11H,4-6H2,1-3H3;6,9H,4-5H2,1-3H3. The molecule has 0 saturated carbocycles. The smallest absolute Gasteiger partial charge is 0.410 e. The summed E-state index contributed by atoms with van der Waals surface area (Å²) in [5, 5.41) is 36.8. The normalized spacial score (nSPS) is 15.7. The van der Waals surface area contributed by atoms with E-state index in [1.807, 2.05) is 128 Å². The largest absolute Gasteiger partial charge is 0.481 e. The Bertz CT molecular complexity index is 4000. The van der Waals surface area contributed by atoms with Crippen molar-refractivity contribution in [1.82, 2.24) is 75.2 Å². The van der Waals surface area contributed by atoms with E-state index in [0.29, 0.717) is 96.9 Å². The van der Waals surface area contributed by atoms with E-state index in [4.69, 9.17) is 24.4 Å². The van der Waals surface area contributed by atoms with E-state index in [1.165, 1.54) is 5.56 Å². The number of aliphatic hydroxyl groups is 1. The number of anilines is 8. The van der Waals surface area contributed by atoms with Gasteiger partial charge in [0.05, 0.1) is 24.4 Å². The third-order valence-electron chi connectivity index (χ3n) is 15.9. The molecule has 1 amide bonds. The van der Waals surface area contributed by atoms with Crippen LogP contribution in [0.3, 0.4) is 0 Å². The lowest BCUT2D eigenvalue weighted by atomic mass is 9.99. The van der Waals surface area contributed by atoms with Crippen molar-refractivity contribution in [3.63, 3.8) is 0 Å². The summed E-state index contributed by atoms with van der Waals surface area (Å²) < 4.78 is 15.8. The van der Waals surface area contributed by atoms with Crippen molar-refractivity contribution in [2.75, 3.05) is 99.9 Å². The fraction of sp³-hybridized carbons (Fsp3) is 0.408. The minimum Gasteiger partial charge on any atom is -0.481 e. The van der Waals surface area contributed by atoms with Gasteiger partial charge in [-0.3, -0.25) is 24.2 Å². The summed E-state index contributed by atoms with van der Waals surface area (Å²) in [4.78, 5) is 96.1. The lowest BCUT2D eigenvalue weighted by Gasteiger charge is -2.38. The number of aliphatic carboxylic acids is 1. The van der Waals surface area contributed by atoms with E-state index in [2.05, 4.69) is 104 Å². The van der Waals surface area contributed by atoms with Crippen LogP contribution in [0.2, 0.25) is 0 Å². The molecule has 8 aromatic rings. The van der Waals surface area contributed by atoms with Crippen LogP contribution in [0.25, 0.3) is 23.0 Å². The molecule has 0 aliphatic carbocycles. The predicted octanol–water partition coefficient (Wildman–Crippen LogP) is 8.35. The molecule has 8 N–H and O–H groups in total. The highest BCUT2D eigenvalue weighted by Gasteiger charge is 2.36. The molecule has 28 nitrogen and oxygen atoms in total. The molecule has 0 radical (unpaired) electrons. The van der Waals surface area contributed by atoms with Crippen LogP contribution >= 0.6 is 0 Å². The molecule has 5 aliphatic rings. The van der Waals surface area contributed by atoms with Crippen LogP contribution in [0, 0.1) is 43.4 Å². The molecule has 0 unspecified atom stereocenters. The van der Waals surface area contributed by atoms with Gasteiger partial charge in [0.2, 0.25) is 11.9 Å². The highest BCUT2D eigenvalue weighted by atomic mass is 16.6. The van der Waals surface area contributed by atoms with Crippen LogP contribution in [0.1, 0.15) is 64.1 Å². The summed E-state index contributed by atoms with van der Waals surface area (Å²) in [6, 6.07) is 34.7. The minimum atomic E-state index is -0.721. The number of rotatable bonds is 20. The molecule has 99 heavy (non-hydrogen) atoms. The fourth-order valence-corrected chi connectivity index (χ4v) is 10.3. The Morgan fingerprint density at radius 1 is 0.495 bits per heavy atom. The Hall–Kier alpha value is -10.3. The summed E-state index contributed by atoms with van der Waals surface area (Å²) in [7, 11) is 0. The second-order valence-corrected chi connectivity index (χ2v) is 26.9. The van der Waals surface area contributed by atoms with Gasteiger partial charge in [0.25, 0.3) is 0 Å². The lowest BCUT2D eigenvalue weighted by molar-refractivity contribution is -0.161. The zero-order valence-corrected chi connectivity index (χ0v) is 57.1. The Morgan fingerprint density at radius 3 is 1.34 bits per heavy atom. The summed E-state index contributed by atoms with van der Waals surface area (Å²) in [5.41, 5.74) is 6.49. The van der Waals surface area contributed by atoms with Gasteiger partial charge < -0.3 is 61.2 Å². The lowest BCUT2D eigenvalue weighted by Crippen LogP contribution is -2.52. The molecular weight excluding hydrogens is 1260 g/mol. The summed E-state index contributed by atoms with van der Waals surface area (Å²) in [5.74, 6) is 4.08. The average Bonchev–Trinajstić information content (AvgIpc) is 0.864. The number of likely N-dealkylation sites (tertiary alicyclic amines) is 3. The number of carboxylic acids is 1. The van der Waals surface area contributed by atoms with Crippen LogP contribution in [-0.4, -0.2) is 189 Å². The van der Waals surface area contributed by atoms with E-state index in [0.717, 1.165) is 80.7 Å². The van der Waals surface area contributed by atoms with Crippen molar-refractivity contribution >= 4 is 70.5 Å². The van der Waals surface area contributed by atoms with Gasteiger partial charge in [-0.1, -0.05) is 36.4 Å². The maximum absolute atomic E-state index is 12.2. The zero-order valence-electron chi connectivity index (χ0n) is 57.1. The van der Waals surface area contributed by atoms with Crippen molar-refractivity contribution in [1.29, 1.82) is 0 Å². The Labute approximate surface area is 575 Å². The second kappa shape index (κ2) is 33.3. The molecule has 0 atom stereocenters. The molecule has 0 spiro atoms. The zero-order chi connectivity index (χ0) is 70.1. The highest BCUT2D eigenvalue weighted by molar-refractivity contribution is 5.75. The Kier molecular flexibility index (Phi) is 24.1. The number of carbonyl (C=O) groups is 4. The van der Waals surface area contributed by atoms with E-state index in [1.54, 1.807) is 54.0 Å². The number of carboxylic acid groups (broad SMARTS) is 1. The summed E-state index contributed by atoms with van der Waals surface area (Å²) in [6.07, 6.45) is 6.44. The number of pyridine rings is 2. The van der Waals surface area contributed by atoms with Crippen LogP contribution in [0.4, 0.5) is 51.3 Å². The molecule has 520 valence electrons. The van der Waals surface area contributed by atoms with Crippen molar-refractivity contribution < 1.29 is 43.6 Å². The van der Waals surface area contributed by atoms with Crippen molar-refractivity contribution in [2.24, 2.45) is 29.6 Å². The first-order chi connectivity index (χ1) is 47.5. The minimum absolute atomic E-state index is 0.0137. The van der Waals surface area contributed by atoms with Crippen LogP contribution in [-0.2, 0) is 41.7 Å². The van der Waals surface area contributed by atoms with Crippen LogP contribution in [0.5, 0.6) is 0 Å². The topological polar surface area (TPSA) is 347 Å². The summed E-state index contributed by atoms with van der Waals surface area (Å²) >= 11 is 0. The van der Waals surface area contributed by atoms with Gasteiger partial charge in [-0.05, 0) is 139 Å². The molecule has 5 fully saturated rings. The number of ether oxygens (including phenoxy) is 3. The van der Waals surface area contributed by atoms with Gasteiger partial charge in [-0.25, -0.2) is 44.7 Å². The van der Waals surface area contributed by atoms with Crippen LogP contribution in [0.15, 0.2) is 134 Å². The second-order valence-electron chi connectivity index (χ2n) is 26.9. The number of aliphatic hydroxyl groups excluding tert-OH is 1. The number of hydrogen-bond donors (Lipinski definition) is 8. The van der Waals surface area contributed by atoms with E-state index in [-0.39, 0.29) is 53.9 Å². The van der Waals surface area contributed by atoms with Gasteiger partial charge in [0.15, 0.2) is 11.6 Å². The first-order valence-corrected chi connectivity index (χ1v) is 33.0. The molecular formula is C71H87N19O9. The number of benzene rings is 2. The van der Waals surface area contributed by atoms with E-state index in [9.17, 15) is 19.2 Å². The number of hydrogen-bond acceptors (Lipinski definition) is 26. The molecule has 13 rings (SSSR count). The number of aromatic nitrogens is 10. The third kappa shape index (κ3) is 22.1. The quantitative estimate of drug-likeness (QED) is 0.0262. The number of amides is 1. The first kappa shape index (κ1) is 71.5. The maximum atomic E-state index is 12.2. The van der Waals surface area contributed by atoms with Gasteiger partial charge in [0.1, 0.15) is 45.9 Å². The average molecular weight is 1350 g/mol. The van der Waals surface area contributed by atoms with Crippen LogP contribution < -0.4 is 31.9 Å². The molecule has 28 heteroatoms. The highest BCUT2D eigenvalue weighted by Crippen LogP contribution is 2.27. The van der Waals surface area contributed by atoms with Crippen molar-refractivity contribution in [2.45, 2.75) is 79.7 Å². The van der Waals surface area contributed by atoms with Crippen molar-refractivity contribution in [3.05, 3.63) is 156 Å². The number of nitrogens with one attached hydrogen (secondary N) is 6. The molecule has 6 aromatic heterocycles. The van der Waals surface area contributed by atoms with Gasteiger partial charge in [0, 0.05) is 145 Å². The maximum Gasteiger partial charge on any atom is 0.410 e. The summed E-state index contributed by atoms with van der Waals surface area (Å²) in [6.45, 7) is 24.6. The van der Waals surface area contributed by atoms with Crippen molar-refractivity contribution in [3.8, 4) is 23.0 Å². The Balaban J connectivity index is 0.000000162. The number of nitrogens with zero attached hydrogens (tertiary/aromatic N) is 13. The fourth-order valence-electron chi connectivity index (χ4n) is 10.3. The van der Waals surface area contributed by atoms with Gasteiger partial charge >= 0.3 is 24.0 Å². The van der Waals surface area contributed by atoms with Gasteiger partial charge in [-0.2, -0.15) is 9.97 Å². The number of esters is 2. The predicted molar refractivity (Wildman–Crippen MR) is 373 cm³/mol. The Morgan fingerprint density at radius 2 is 0.939 bits per heavy atom. The van der Waals surface area contributed by atoms with E-state index >= 15 is 0 Å².